The predicted molar refractivity (Wildman–Crippen MR) is 95.1 cm³/mol. The van der Waals surface area contributed by atoms with Gasteiger partial charge in [-0.25, -0.2) is 0 Å². The highest BCUT2D eigenvalue weighted by atomic mass is 79.9. The number of amides is 1. The summed E-state index contributed by atoms with van der Waals surface area (Å²) in [5.41, 5.74) is 1.08. The molecule has 2 rings (SSSR count). The average Bonchev–Trinajstić information content (AvgIpc) is 2.92. The van der Waals surface area contributed by atoms with Crippen molar-refractivity contribution in [2.75, 3.05) is 13.7 Å². The Bertz CT molecular complexity index is 649. The number of rotatable bonds is 6. The lowest BCUT2D eigenvalue weighted by atomic mass is 10.2. The van der Waals surface area contributed by atoms with E-state index >= 15 is 0 Å². The van der Waals surface area contributed by atoms with Crippen molar-refractivity contribution in [3.8, 4) is 5.75 Å². The summed E-state index contributed by atoms with van der Waals surface area (Å²) < 4.78 is 6.47. The third-order valence-electron chi connectivity index (χ3n) is 3.01. The van der Waals surface area contributed by atoms with E-state index in [0.717, 1.165) is 20.0 Å². The first-order valence-corrected chi connectivity index (χ1v) is 8.59. The minimum absolute atomic E-state index is 0.0154. The minimum atomic E-state index is -0.0154. The highest BCUT2D eigenvalue weighted by molar-refractivity contribution is 9.11. The van der Waals surface area contributed by atoms with Crippen LogP contribution in [-0.4, -0.2) is 24.5 Å². The van der Waals surface area contributed by atoms with Gasteiger partial charge in [-0.1, -0.05) is 12.1 Å². The normalized spacial score (nSPS) is 10.9. The Labute approximate surface area is 143 Å². The molecular weight excluding hydrogens is 362 g/mol. The molecule has 0 saturated heterocycles. The molecule has 0 saturated carbocycles. The average molecular weight is 380 g/mol. The number of ether oxygens (including phenoxy) is 1. The SMILES string of the molecule is CCOc1ccc(CN(C)C(=O)/C=C/c2ccc(Br)s2)cc1. The van der Waals surface area contributed by atoms with Crippen LogP contribution in [0.1, 0.15) is 17.4 Å². The summed E-state index contributed by atoms with van der Waals surface area (Å²) in [6, 6.07) is 11.8. The highest BCUT2D eigenvalue weighted by Gasteiger charge is 2.06. The zero-order valence-electron chi connectivity index (χ0n) is 12.6. The molecule has 1 heterocycles. The van der Waals surface area contributed by atoms with Gasteiger partial charge in [0.15, 0.2) is 0 Å². The van der Waals surface area contributed by atoms with Crippen LogP contribution in [-0.2, 0) is 11.3 Å². The summed E-state index contributed by atoms with van der Waals surface area (Å²) in [6.07, 6.45) is 3.44. The number of halogens is 1. The molecule has 3 nitrogen and oxygen atoms in total. The Morgan fingerprint density at radius 3 is 2.59 bits per heavy atom. The molecule has 0 aliphatic carbocycles. The van der Waals surface area contributed by atoms with Crippen LogP contribution in [0.15, 0.2) is 46.3 Å². The number of nitrogens with zero attached hydrogens (tertiary/aromatic N) is 1. The number of hydrogen-bond acceptors (Lipinski definition) is 3. The summed E-state index contributed by atoms with van der Waals surface area (Å²) in [6.45, 7) is 3.18. The van der Waals surface area contributed by atoms with Crippen molar-refractivity contribution in [3.63, 3.8) is 0 Å². The Kier molecular flexibility index (Phi) is 6.21. The van der Waals surface area contributed by atoms with E-state index in [1.807, 2.05) is 49.4 Å². The van der Waals surface area contributed by atoms with E-state index in [4.69, 9.17) is 4.74 Å². The maximum atomic E-state index is 12.1. The zero-order valence-corrected chi connectivity index (χ0v) is 15.0. The topological polar surface area (TPSA) is 29.5 Å². The molecule has 0 unspecified atom stereocenters. The first-order valence-electron chi connectivity index (χ1n) is 6.98. The van der Waals surface area contributed by atoms with Gasteiger partial charge in [0.2, 0.25) is 5.91 Å². The van der Waals surface area contributed by atoms with Crippen LogP contribution in [0.4, 0.5) is 0 Å². The monoisotopic (exact) mass is 379 g/mol. The minimum Gasteiger partial charge on any atom is -0.494 e. The summed E-state index contributed by atoms with van der Waals surface area (Å²) in [5.74, 6) is 0.835. The lowest BCUT2D eigenvalue weighted by Gasteiger charge is -2.15. The fourth-order valence-electron chi connectivity index (χ4n) is 1.91. The molecule has 0 N–H and O–H groups in total. The number of likely N-dealkylation sites (N-methyl/N-ethyl adjacent to an activating group) is 1. The molecule has 1 amide bonds. The second-order valence-corrected chi connectivity index (χ2v) is 7.24. The van der Waals surface area contributed by atoms with E-state index in [-0.39, 0.29) is 5.91 Å². The molecule has 1 aromatic heterocycles. The van der Waals surface area contributed by atoms with Crippen LogP contribution in [0.5, 0.6) is 5.75 Å². The van der Waals surface area contributed by atoms with Crippen molar-refractivity contribution in [1.29, 1.82) is 0 Å². The molecular formula is C17H18BrNO2S. The zero-order chi connectivity index (χ0) is 15.9. The van der Waals surface area contributed by atoms with E-state index < -0.39 is 0 Å². The van der Waals surface area contributed by atoms with Gasteiger partial charge in [-0.15, -0.1) is 11.3 Å². The molecule has 2 aromatic rings. The van der Waals surface area contributed by atoms with Gasteiger partial charge in [-0.3, -0.25) is 4.79 Å². The molecule has 0 radical (unpaired) electrons. The van der Waals surface area contributed by atoms with Crippen molar-refractivity contribution in [2.24, 2.45) is 0 Å². The fourth-order valence-corrected chi connectivity index (χ4v) is 3.23. The van der Waals surface area contributed by atoms with E-state index in [1.54, 1.807) is 29.4 Å². The van der Waals surface area contributed by atoms with Crippen molar-refractivity contribution >= 4 is 39.2 Å². The number of carbonyl (C=O) groups is 1. The Hall–Kier alpha value is -1.59. The number of carbonyl (C=O) groups excluding carboxylic acids is 1. The third-order valence-corrected chi connectivity index (χ3v) is 4.60. The van der Waals surface area contributed by atoms with Gasteiger partial charge < -0.3 is 9.64 Å². The van der Waals surface area contributed by atoms with Crippen LogP contribution < -0.4 is 4.74 Å². The van der Waals surface area contributed by atoms with Gasteiger partial charge >= 0.3 is 0 Å². The van der Waals surface area contributed by atoms with Gasteiger partial charge in [0, 0.05) is 24.5 Å². The second-order valence-electron chi connectivity index (χ2n) is 4.75. The van der Waals surface area contributed by atoms with Gasteiger partial charge in [0.05, 0.1) is 10.4 Å². The van der Waals surface area contributed by atoms with Crippen molar-refractivity contribution in [3.05, 3.63) is 56.7 Å². The Morgan fingerprint density at radius 1 is 1.27 bits per heavy atom. The lowest BCUT2D eigenvalue weighted by molar-refractivity contribution is -0.125. The number of thiophene rings is 1. The molecule has 22 heavy (non-hydrogen) atoms. The molecule has 0 fully saturated rings. The number of hydrogen-bond donors (Lipinski definition) is 0. The van der Waals surface area contributed by atoms with Crippen LogP contribution in [0, 0.1) is 0 Å². The largest absolute Gasteiger partial charge is 0.494 e. The van der Waals surface area contributed by atoms with Crippen LogP contribution in [0.25, 0.3) is 6.08 Å². The summed E-state index contributed by atoms with van der Waals surface area (Å²) in [5, 5.41) is 0. The molecule has 116 valence electrons. The molecule has 1 aromatic carbocycles. The molecule has 0 spiro atoms. The second kappa shape index (κ2) is 8.15. The Balaban J connectivity index is 1.91. The van der Waals surface area contributed by atoms with E-state index in [9.17, 15) is 4.79 Å². The summed E-state index contributed by atoms with van der Waals surface area (Å²) >= 11 is 5.01. The van der Waals surface area contributed by atoms with Crippen LogP contribution >= 0.6 is 27.3 Å². The van der Waals surface area contributed by atoms with Crippen LogP contribution in [0.3, 0.4) is 0 Å². The van der Waals surface area contributed by atoms with E-state index in [1.165, 1.54) is 0 Å². The van der Waals surface area contributed by atoms with Crippen molar-refractivity contribution in [1.82, 2.24) is 4.90 Å². The van der Waals surface area contributed by atoms with Crippen LogP contribution in [0.2, 0.25) is 0 Å². The van der Waals surface area contributed by atoms with Gasteiger partial charge in [0.25, 0.3) is 0 Å². The molecule has 0 atom stereocenters. The lowest BCUT2D eigenvalue weighted by Crippen LogP contribution is -2.24. The fraction of sp³-hybridized carbons (Fsp3) is 0.235. The number of benzene rings is 1. The quantitative estimate of drug-likeness (QED) is 0.687. The maximum absolute atomic E-state index is 12.1. The molecule has 5 heteroatoms. The third kappa shape index (κ3) is 5.00. The summed E-state index contributed by atoms with van der Waals surface area (Å²) in [7, 11) is 1.80. The first-order chi connectivity index (χ1) is 10.6. The Morgan fingerprint density at radius 2 is 2.00 bits per heavy atom. The van der Waals surface area contributed by atoms with Crippen molar-refractivity contribution < 1.29 is 9.53 Å². The maximum Gasteiger partial charge on any atom is 0.246 e. The smallest absolute Gasteiger partial charge is 0.246 e. The van der Waals surface area contributed by atoms with Crippen molar-refractivity contribution in [2.45, 2.75) is 13.5 Å². The first kappa shape index (κ1) is 16.8. The van der Waals surface area contributed by atoms with Gasteiger partial charge in [-0.2, -0.15) is 0 Å². The molecule has 0 aliphatic rings. The molecule has 0 aliphatic heterocycles. The van der Waals surface area contributed by atoms with Gasteiger partial charge in [0.1, 0.15) is 5.75 Å². The standard InChI is InChI=1S/C17H18BrNO2S/c1-3-21-14-6-4-13(5-7-14)12-19(2)17(20)11-9-15-8-10-16(18)22-15/h4-11H,3,12H2,1-2H3/b11-9+. The predicted octanol–water partition coefficient (Wildman–Crippen LogP) is 4.58. The van der Waals surface area contributed by atoms with E-state index in [2.05, 4.69) is 15.9 Å². The highest BCUT2D eigenvalue weighted by Crippen LogP contribution is 2.23. The van der Waals surface area contributed by atoms with E-state index in [0.29, 0.717) is 13.2 Å². The van der Waals surface area contributed by atoms with Gasteiger partial charge in [-0.05, 0) is 58.8 Å². The summed E-state index contributed by atoms with van der Waals surface area (Å²) in [4.78, 5) is 14.8. The molecule has 0 bridgehead atoms.